The van der Waals surface area contributed by atoms with Gasteiger partial charge < -0.3 is 15.2 Å². The van der Waals surface area contributed by atoms with E-state index in [0.29, 0.717) is 18.1 Å². The van der Waals surface area contributed by atoms with E-state index in [9.17, 15) is 0 Å². The molecular formula is C16H15BrIN3O2S. The van der Waals surface area contributed by atoms with Crippen LogP contribution in [-0.2, 0) is 6.61 Å². The normalized spacial score (nSPS) is 10.6. The average Bonchev–Trinajstić information content (AvgIpc) is 2.54. The number of hydrogen-bond acceptors (Lipinski definition) is 4. The SMILES string of the molecule is COc1cc(/C=N\NC(N)=S)cc(I)c1OCc1ccc(Br)cc1. The molecule has 0 bridgehead atoms. The van der Waals surface area contributed by atoms with E-state index >= 15 is 0 Å². The number of nitrogens with zero attached hydrogens (tertiary/aromatic N) is 1. The molecule has 0 aromatic heterocycles. The molecule has 0 radical (unpaired) electrons. The third-order valence-corrected chi connectivity index (χ3v) is 4.36. The molecule has 0 atom stereocenters. The van der Waals surface area contributed by atoms with E-state index in [1.807, 2.05) is 36.4 Å². The molecule has 2 aromatic carbocycles. The van der Waals surface area contributed by atoms with Gasteiger partial charge in [-0.3, -0.25) is 5.43 Å². The minimum absolute atomic E-state index is 0.113. The number of methoxy groups -OCH3 is 1. The predicted molar refractivity (Wildman–Crippen MR) is 112 cm³/mol. The number of benzene rings is 2. The molecule has 0 unspecified atom stereocenters. The lowest BCUT2D eigenvalue weighted by Crippen LogP contribution is -2.24. The molecule has 0 aliphatic heterocycles. The van der Waals surface area contributed by atoms with Gasteiger partial charge in [-0.25, -0.2) is 0 Å². The van der Waals surface area contributed by atoms with Crippen molar-refractivity contribution >= 4 is 62.1 Å². The Kier molecular flexibility index (Phi) is 7.25. The summed E-state index contributed by atoms with van der Waals surface area (Å²) in [5.74, 6) is 1.33. The maximum absolute atomic E-state index is 5.93. The topological polar surface area (TPSA) is 68.9 Å². The second-order valence-electron chi connectivity index (χ2n) is 4.68. The van der Waals surface area contributed by atoms with Gasteiger partial charge in [0.1, 0.15) is 6.61 Å². The van der Waals surface area contributed by atoms with E-state index in [2.05, 4.69) is 49.0 Å². The van der Waals surface area contributed by atoms with Crippen molar-refractivity contribution in [2.24, 2.45) is 10.8 Å². The van der Waals surface area contributed by atoms with Crippen LogP contribution in [0.2, 0.25) is 0 Å². The van der Waals surface area contributed by atoms with Gasteiger partial charge in [0.15, 0.2) is 16.6 Å². The van der Waals surface area contributed by atoms with Crippen LogP contribution in [0.4, 0.5) is 0 Å². The van der Waals surface area contributed by atoms with Crippen molar-refractivity contribution in [3.63, 3.8) is 0 Å². The molecular weight excluding hydrogens is 505 g/mol. The fourth-order valence-electron chi connectivity index (χ4n) is 1.86. The third kappa shape index (κ3) is 5.60. The van der Waals surface area contributed by atoms with Crippen molar-refractivity contribution in [2.45, 2.75) is 6.61 Å². The zero-order valence-corrected chi connectivity index (χ0v) is 17.3. The molecule has 0 saturated carbocycles. The van der Waals surface area contributed by atoms with E-state index in [4.69, 9.17) is 27.4 Å². The van der Waals surface area contributed by atoms with Crippen LogP contribution in [-0.4, -0.2) is 18.4 Å². The van der Waals surface area contributed by atoms with E-state index in [-0.39, 0.29) is 5.11 Å². The number of nitrogens with one attached hydrogen (secondary N) is 1. The summed E-state index contributed by atoms with van der Waals surface area (Å²) in [5.41, 5.74) is 9.76. The Labute approximate surface area is 167 Å². The summed E-state index contributed by atoms with van der Waals surface area (Å²) in [6.07, 6.45) is 1.61. The Morgan fingerprint density at radius 3 is 2.71 bits per heavy atom. The van der Waals surface area contributed by atoms with Gasteiger partial charge in [-0.1, -0.05) is 28.1 Å². The first-order valence-corrected chi connectivity index (χ1v) is 9.11. The molecule has 0 aliphatic rings. The number of halogens is 2. The fraction of sp³-hybridized carbons (Fsp3) is 0.125. The van der Waals surface area contributed by atoms with Crippen LogP contribution in [0.5, 0.6) is 11.5 Å². The van der Waals surface area contributed by atoms with Crippen molar-refractivity contribution in [3.8, 4) is 11.5 Å². The molecule has 0 amide bonds. The summed E-state index contributed by atoms with van der Waals surface area (Å²) >= 11 is 10.3. The lowest BCUT2D eigenvalue weighted by molar-refractivity contribution is 0.282. The summed E-state index contributed by atoms with van der Waals surface area (Å²) < 4.78 is 13.3. The largest absolute Gasteiger partial charge is 0.493 e. The Hall–Kier alpha value is -1.39. The highest BCUT2D eigenvalue weighted by Gasteiger charge is 2.11. The van der Waals surface area contributed by atoms with Crippen LogP contribution < -0.4 is 20.6 Å². The van der Waals surface area contributed by atoms with Gasteiger partial charge >= 0.3 is 0 Å². The van der Waals surface area contributed by atoms with Gasteiger partial charge in [-0.15, -0.1) is 0 Å². The maximum atomic E-state index is 5.93. The summed E-state index contributed by atoms with van der Waals surface area (Å²) in [6.45, 7) is 0.454. The van der Waals surface area contributed by atoms with Gasteiger partial charge in [0.05, 0.1) is 16.9 Å². The van der Waals surface area contributed by atoms with Crippen LogP contribution in [0.15, 0.2) is 46.0 Å². The molecule has 0 fully saturated rings. The minimum atomic E-state index is 0.113. The summed E-state index contributed by atoms with van der Waals surface area (Å²) in [7, 11) is 1.60. The van der Waals surface area contributed by atoms with Crippen LogP contribution in [0, 0.1) is 3.57 Å². The second-order valence-corrected chi connectivity index (χ2v) is 7.20. The highest BCUT2D eigenvalue weighted by atomic mass is 127. The zero-order valence-electron chi connectivity index (χ0n) is 12.8. The van der Waals surface area contributed by atoms with Gasteiger partial charge in [-0.05, 0) is 70.2 Å². The molecule has 8 heteroatoms. The van der Waals surface area contributed by atoms with Crippen molar-refractivity contribution in [3.05, 3.63) is 55.6 Å². The lowest BCUT2D eigenvalue weighted by atomic mass is 10.2. The first-order valence-electron chi connectivity index (χ1n) is 6.83. The third-order valence-electron chi connectivity index (χ3n) is 2.94. The minimum Gasteiger partial charge on any atom is -0.493 e. The molecule has 2 aromatic rings. The standard InChI is InChI=1S/C16H15BrIN3O2S/c1-22-14-7-11(8-20-21-16(19)24)6-13(18)15(14)23-9-10-2-4-12(17)5-3-10/h2-8H,9H2,1H3,(H3,19,21,24)/b20-8-. The smallest absolute Gasteiger partial charge is 0.184 e. The van der Waals surface area contributed by atoms with Crippen LogP contribution >= 0.6 is 50.7 Å². The van der Waals surface area contributed by atoms with Gasteiger partial charge in [0.25, 0.3) is 0 Å². The second kappa shape index (κ2) is 9.19. The quantitative estimate of drug-likeness (QED) is 0.263. The van der Waals surface area contributed by atoms with E-state index < -0.39 is 0 Å². The van der Waals surface area contributed by atoms with Crippen LogP contribution in [0.25, 0.3) is 0 Å². The molecule has 0 aliphatic carbocycles. The van der Waals surface area contributed by atoms with Crippen LogP contribution in [0.1, 0.15) is 11.1 Å². The van der Waals surface area contributed by atoms with E-state index in [1.165, 1.54) is 0 Å². The molecule has 0 spiro atoms. The van der Waals surface area contributed by atoms with E-state index in [0.717, 1.165) is 19.2 Å². The summed E-state index contributed by atoms with van der Waals surface area (Å²) in [4.78, 5) is 0. The first-order chi connectivity index (χ1) is 11.5. The Bertz CT molecular complexity index is 754. The van der Waals surface area contributed by atoms with Crippen molar-refractivity contribution in [1.82, 2.24) is 5.43 Å². The summed E-state index contributed by atoms with van der Waals surface area (Å²) in [5, 5.41) is 4.06. The monoisotopic (exact) mass is 519 g/mol. The zero-order chi connectivity index (χ0) is 17.5. The highest BCUT2D eigenvalue weighted by Crippen LogP contribution is 2.34. The van der Waals surface area contributed by atoms with Gasteiger partial charge in [0, 0.05) is 4.47 Å². The maximum Gasteiger partial charge on any atom is 0.184 e. The van der Waals surface area contributed by atoms with Gasteiger partial charge in [0.2, 0.25) is 0 Å². The lowest BCUT2D eigenvalue weighted by Gasteiger charge is -2.13. The predicted octanol–water partition coefficient (Wildman–Crippen LogP) is 3.81. The fourth-order valence-corrected chi connectivity index (χ4v) is 2.96. The number of ether oxygens (including phenoxy) is 2. The number of hydrazone groups is 1. The number of hydrogen-bond donors (Lipinski definition) is 2. The number of rotatable bonds is 6. The molecule has 2 rings (SSSR count). The molecule has 3 N–H and O–H groups in total. The Balaban J connectivity index is 2.15. The number of nitrogens with two attached hydrogens (primary N) is 1. The highest BCUT2D eigenvalue weighted by molar-refractivity contribution is 14.1. The Morgan fingerprint density at radius 1 is 1.38 bits per heavy atom. The van der Waals surface area contributed by atoms with Gasteiger partial charge in [-0.2, -0.15) is 5.10 Å². The number of thiocarbonyl (C=S) groups is 1. The van der Waals surface area contributed by atoms with Crippen molar-refractivity contribution in [1.29, 1.82) is 0 Å². The molecule has 0 saturated heterocycles. The van der Waals surface area contributed by atoms with Crippen molar-refractivity contribution < 1.29 is 9.47 Å². The summed E-state index contributed by atoms with van der Waals surface area (Å²) in [6, 6.07) is 11.7. The van der Waals surface area contributed by atoms with Crippen LogP contribution in [0.3, 0.4) is 0 Å². The molecule has 24 heavy (non-hydrogen) atoms. The van der Waals surface area contributed by atoms with E-state index in [1.54, 1.807) is 13.3 Å². The first kappa shape index (κ1) is 18.9. The van der Waals surface area contributed by atoms with Crippen molar-refractivity contribution in [2.75, 3.05) is 7.11 Å². The molecule has 0 heterocycles. The molecule has 5 nitrogen and oxygen atoms in total. The molecule has 126 valence electrons. The average molecular weight is 520 g/mol. The Morgan fingerprint density at radius 2 is 2.08 bits per heavy atom.